The van der Waals surface area contributed by atoms with Crippen molar-refractivity contribution in [2.24, 2.45) is 10.7 Å². The maximum absolute atomic E-state index is 12.1. The van der Waals surface area contributed by atoms with E-state index < -0.39 is 5.60 Å². The van der Waals surface area contributed by atoms with Crippen molar-refractivity contribution in [1.29, 1.82) is 0 Å². The number of rotatable bonds is 3. The predicted octanol–water partition coefficient (Wildman–Crippen LogP) is 2.05. The zero-order chi connectivity index (χ0) is 20.1. The first-order valence-corrected chi connectivity index (χ1v) is 10.0. The highest BCUT2D eigenvalue weighted by Gasteiger charge is 2.26. The number of nitrogens with zero attached hydrogens (tertiary/aromatic N) is 5. The number of hydrogen-bond donors (Lipinski definition) is 1. The molecule has 3 rings (SSSR count). The SMILES string of the molecule is CC(C)(C)OC(=O)N1CCN(C(N)=NCc2ccc(N3CCCC3)nc2)CC1. The number of guanidine groups is 1. The Morgan fingerprint density at radius 3 is 2.32 bits per heavy atom. The predicted molar refractivity (Wildman–Crippen MR) is 110 cm³/mol. The van der Waals surface area contributed by atoms with Crippen LogP contribution < -0.4 is 10.6 Å². The minimum atomic E-state index is -0.479. The van der Waals surface area contributed by atoms with Gasteiger partial charge in [-0.1, -0.05) is 6.07 Å². The van der Waals surface area contributed by atoms with Gasteiger partial charge in [-0.3, -0.25) is 0 Å². The summed E-state index contributed by atoms with van der Waals surface area (Å²) in [7, 11) is 0. The van der Waals surface area contributed by atoms with Gasteiger partial charge in [0.25, 0.3) is 0 Å². The molecule has 8 heteroatoms. The highest BCUT2D eigenvalue weighted by atomic mass is 16.6. The van der Waals surface area contributed by atoms with Crippen LogP contribution in [0.3, 0.4) is 0 Å². The molecule has 1 amide bonds. The Hall–Kier alpha value is -2.51. The molecule has 8 nitrogen and oxygen atoms in total. The number of nitrogens with two attached hydrogens (primary N) is 1. The molecule has 2 saturated heterocycles. The van der Waals surface area contributed by atoms with Crippen LogP contribution in [0.25, 0.3) is 0 Å². The first-order valence-electron chi connectivity index (χ1n) is 10.0. The summed E-state index contributed by atoms with van der Waals surface area (Å²) in [6, 6.07) is 4.13. The van der Waals surface area contributed by atoms with Crippen molar-refractivity contribution >= 4 is 17.9 Å². The van der Waals surface area contributed by atoms with Crippen molar-refractivity contribution in [3.63, 3.8) is 0 Å². The van der Waals surface area contributed by atoms with E-state index in [4.69, 9.17) is 10.5 Å². The molecule has 3 heterocycles. The van der Waals surface area contributed by atoms with E-state index in [1.807, 2.05) is 31.9 Å². The summed E-state index contributed by atoms with van der Waals surface area (Å²) < 4.78 is 5.42. The molecule has 0 unspecified atom stereocenters. The normalized spacial score (nSPS) is 18.5. The maximum atomic E-state index is 12.1. The number of aromatic nitrogens is 1. The lowest BCUT2D eigenvalue weighted by atomic mass is 10.2. The Kier molecular flexibility index (Phi) is 6.26. The quantitative estimate of drug-likeness (QED) is 0.630. The van der Waals surface area contributed by atoms with Gasteiger partial charge in [0.15, 0.2) is 5.96 Å². The van der Waals surface area contributed by atoms with Gasteiger partial charge >= 0.3 is 6.09 Å². The number of piperazine rings is 1. The van der Waals surface area contributed by atoms with Crippen LogP contribution in [0.15, 0.2) is 23.3 Å². The van der Waals surface area contributed by atoms with E-state index in [1.54, 1.807) is 4.90 Å². The zero-order valence-electron chi connectivity index (χ0n) is 17.2. The van der Waals surface area contributed by atoms with Crippen LogP contribution in [-0.4, -0.2) is 71.7 Å². The highest BCUT2D eigenvalue weighted by molar-refractivity contribution is 5.78. The van der Waals surface area contributed by atoms with Gasteiger partial charge in [-0.2, -0.15) is 0 Å². The Morgan fingerprint density at radius 2 is 1.75 bits per heavy atom. The van der Waals surface area contributed by atoms with Crippen LogP contribution in [0, 0.1) is 0 Å². The first-order chi connectivity index (χ1) is 13.3. The van der Waals surface area contributed by atoms with Gasteiger partial charge in [0.05, 0.1) is 6.54 Å². The molecular formula is C20H32N6O2. The van der Waals surface area contributed by atoms with Crippen molar-refractivity contribution in [3.8, 4) is 0 Å². The molecule has 1 aromatic heterocycles. The number of carbonyl (C=O) groups is 1. The van der Waals surface area contributed by atoms with Crippen LogP contribution >= 0.6 is 0 Å². The van der Waals surface area contributed by atoms with E-state index in [2.05, 4.69) is 27.0 Å². The number of aliphatic imine (C=N–C) groups is 1. The molecule has 2 fully saturated rings. The Bertz CT molecular complexity index is 684. The van der Waals surface area contributed by atoms with E-state index >= 15 is 0 Å². The highest BCUT2D eigenvalue weighted by Crippen LogP contribution is 2.18. The summed E-state index contributed by atoms with van der Waals surface area (Å²) in [4.78, 5) is 27.2. The van der Waals surface area contributed by atoms with E-state index in [1.165, 1.54) is 12.8 Å². The average Bonchev–Trinajstić information content (AvgIpc) is 3.20. The number of ether oxygens (including phenoxy) is 1. The van der Waals surface area contributed by atoms with E-state index in [0.29, 0.717) is 38.7 Å². The third-order valence-corrected chi connectivity index (χ3v) is 4.92. The van der Waals surface area contributed by atoms with E-state index in [0.717, 1.165) is 24.5 Å². The third kappa shape index (κ3) is 5.50. The van der Waals surface area contributed by atoms with Gasteiger partial charge < -0.3 is 25.2 Å². The fourth-order valence-electron chi connectivity index (χ4n) is 3.36. The fraction of sp³-hybridized carbons (Fsp3) is 0.650. The summed E-state index contributed by atoms with van der Waals surface area (Å²) in [6.45, 7) is 10.8. The summed E-state index contributed by atoms with van der Waals surface area (Å²) >= 11 is 0. The van der Waals surface area contributed by atoms with Crippen molar-refractivity contribution in [2.75, 3.05) is 44.2 Å². The molecule has 2 N–H and O–H groups in total. The number of hydrogen-bond acceptors (Lipinski definition) is 5. The van der Waals surface area contributed by atoms with Gasteiger partial charge in [0, 0.05) is 45.5 Å². The lowest BCUT2D eigenvalue weighted by Crippen LogP contribution is -2.53. The molecule has 0 atom stereocenters. The second-order valence-electron chi connectivity index (χ2n) is 8.35. The minimum Gasteiger partial charge on any atom is -0.444 e. The Labute approximate surface area is 167 Å². The molecule has 0 spiro atoms. The first kappa shape index (κ1) is 20.2. The van der Waals surface area contributed by atoms with Crippen LogP contribution in [0.5, 0.6) is 0 Å². The van der Waals surface area contributed by atoms with Crippen molar-refractivity contribution in [3.05, 3.63) is 23.9 Å². The van der Waals surface area contributed by atoms with Crippen LogP contribution in [0.1, 0.15) is 39.2 Å². The number of amides is 1. The molecule has 2 aliphatic heterocycles. The lowest BCUT2D eigenvalue weighted by molar-refractivity contribution is 0.0186. The second-order valence-corrected chi connectivity index (χ2v) is 8.35. The second kappa shape index (κ2) is 8.67. The number of pyridine rings is 1. The van der Waals surface area contributed by atoms with Crippen molar-refractivity contribution in [1.82, 2.24) is 14.8 Å². The molecule has 0 aliphatic carbocycles. The van der Waals surface area contributed by atoms with E-state index in [-0.39, 0.29) is 6.09 Å². The van der Waals surface area contributed by atoms with E-state index in [9.17, 15) is 4.79 Å². The van der Waals surface area contributed by atoms with Crippen LogP contribution in [0.4, 0.5) is 10.6 Å². The van der Waals surface area contributed by atoms with Gasteiger partial charge in [-0.05, 0) is 45.2 Å². The standard InChI is InChI=1S/C20H32N6O2/c1-20(2,3)28-19(27)26-12-10-25(11-13-26)18(21)23-15-16-6-7-17(22-14-16)24-8-4-5-9-24/h6-7,14H,4-5,8-13,15H2,1-3H3,(H2,21,23). The van der Waals surface area contributed by atoms with Crippen LogP contribution in [0.2, 0.25) is 0 Å². The molecule has 0 aromatic carbocycles. The fourth-order valence-corrected chi connectivity index (χ4v) is 3.36. The summed E-state index contributed by atoms with van der Waals surface area (Å²) in [5.41, 5.74) is 6.72. The molecule has 2 aliphatic rings. The number of anilines is 1. The minimum absolute atomic E-state index is 0.271. The maximum Gasteiger partial charge on any atom is 0.410 e. The van der Waals surface area contributed by atoms with Gasteiger partial charge in [0.2, 0.25) is 0 Å². The number of carbonyl (C=O) groups excluding carboxylic acids is 1. The average molecular weight is 389 g/mol. The van der Waals surface area contributed by atoms with Crippen LogP contribution in [-0.2, 0) is 11.3 Å². The largest absolute Gasteiger partial charge is 0.444 e. The zero-order valence-corrected chi connectivity index (χ0v) is 17.2. The molecule has 0 radical (unpaired) electrons. The molecule has 0 saturated carbocycles. The van der Waals surface area contributed by atoms with Gasteiger partial charge in [-0.15, -0.1) is 0 Å². The van der Waals surface area contributed by atoms with Crippen molar-refractivity contribution in [2.45, 2.75) is 45.8 Å². The molecule has 1 aromatic rings. The smallest absolute Gasteiger partial charge is 0.410 e. The Morgan fingerprint density at radius 1 is 1.11 bits per heavy atom. The lowest BCUT2D eigenvalue weighted by Gasteiger charge is -2.36. The Balaban J connectivity index is 1.47. The third-order valence-electron chi connectivity index (χ3n) is 4.92. The summed E-state index contributed by atoms with van der Waals surface area (Å²) in [5, 5.41) is 0. The molecule has 28 heavy (non-hydrogen) atoms. The van der Waals surface area contributed by atoms with Gasteiger partial charge in [-0.25, -0.2) is 14.8 Å². The van der Waals surface area contributed by atoms with Gasteiger partial charge in [0.1, 0.15) is 11.4 Å². The van der Waals surface area contributed by atoms with Crippen molar-refractivity contribution < 1.29 is 9.53 Å². The molecular weight excluding hydrogens is 356 g/mol. The monoisotopic (exact) mass is 388 g/mol. The molecule has 0 bridgehead atoms. The summed E-state index contributed by atoms with van der Waals surface area (Å²) in [6.07, 6.45) is 4.09. The molecule has 154 valence electrons. The topological polar surface area (TPSA) is 87.3 Å². The summed E-state index contributed by atoms with van der Waals surface area (Å²) in [5.74, 6) is 1.55.